The Balaban J connectivity index is 1.33. The molecule has 7 nitrogen and oxygen atoms in total. The summed E-state index contributed by atoms with van der Waals surface area (Å²) in [5.41, 5.74) is 0. The summed E-state index contributed by atoms with van der Waals surface area (Å²) in [7, 11) is 0. The van der Waals surface area contributed by atoms with Gasteiger partial charge in [-0.05, 0) is 32.1 Å². The fraction of sp³-hybridized carbons (Fsp3) is 0.842. The van der Waals surface area contributed by atoms with Crippen LogP contribution in [0.25, 0.3) is 0 Å². The molecule has 1 amide bonds. The maximum atomic E-state index is 12.9. The van der Waals surface area contributed by atoms with Crippen molar-refractivity contribution >= 4 is 5.91 Å². The molecule has 0 bridgehead atoms. The number of nitrogens with one attached hydrogen (secondary N) is 1. The first-order valence-electron chi connectivity index (χ1n) is 10.3. The van der Waals surface area contributed by atoms with E-state index < -0.39 is 0 Å². The maximum Gasteiger partial charge on any atom is 0.251 e. The van der Waals surface area contributed by atoms with Crippen molar-refractivity contribution in [1.82, 2.24) is 25.0 Å². The maximum absolute atomic E-state index is 12.9. The van der Waals surface area contributed by atoms with Crippen LogP contribution in [0, 0.1) is 0 Å². The van der Waals surface area contributed by atoms with E-state index in [1.54, 1.807) is 0 Å². The number of piperidine rings is 1. The van der Waals surface area contributed by atoms with Crippen molar-refractivity contribution in [2.75, 3.05) is 19.6 Å². The van der Waals surface area contributed by atoms with Gasteiger partial charge in [-0.1, -0.05) is 19.8 Å². The van der Waals surface area contributed by atoms with Crippen LogP contribution in [0.4, 0.5) is 0 Å². The Kier molecular flexibility index (Phi) is 5.55. The van der Waals surface area contributed by atoms with Crippen molar-refractivity contribution in [2.24, 2.45) is 0 Å². The van der Waals surface area contributed by atoms with E-state index in [1.807, 2.05) is 4.90 Å². The van der Waals surface area contributed by atoms with Crippen LogP contribution >= 0.6 is 0 Å². The number of nitrogens with zero attached hydrogens (tertiary/aromatic N) is 4. The number of fused-ring (bicyclic) bond motifs is 1. The molecule has 1 aromatic rings. The van der Waals surface area contributed by atoms with Gasteiger partial charge in [0.15, 0.2) is 0 Å². The second-order valence-electron chi connectivity index (χ2n) is 7.84. The van der Waals surface area contributed by atoms with Crippen LogP contribution in [0.1, 0.15) is 69.4 Å². The van der Waals surface area contributed by atoms with Crippen molar-refractivity contribution in [2.45, 2.75) is 83.1 Å². The lowest BCUT2D eigenvalue weighted by Gasteiger charge is -2.34. The fourth-order valence-electron chi connectivity index (χ4n) is 4.56. The Morgan fingerprint density at radius 3 is 2.69 bits per heavy atom. The third-order valence-electron chi connectivity index (χ3n) is 6.13. The zero-order chi connectivity index (χ0) is 17.9. The average Bonchev–Trinajstić information content (AvgIpc) is 3.35. The first-order valence-corrected chi connectivity index (χ1v) is 10.3. The van der Waals surface area contributed by atoms with Gasteiger partial charge in [0, 0.05) is 32.1 Å². The van der Waals surface area contributed by atoms with E-state index in [0.29, 0.717) is 5.92 Å². The number of hydrogen-bond acceptors (Lipinski definition) is 5. The number of aromatic nitrogens is 3. The van der Waals surface area contributed by atoms with Crippen molar-refractivity contribution in [3.63, 3.8) is 0 Å². The number of rotatable bonds is 5. The zero-order valence-electron chi connectivity index (χ0n) is 15.8. The van der Waals surface area contributed by atoms with Gasteiger partial charge in [0.1, 0.15) is 17.8 Å². The largest absolute Gasteiger partial charge is 0.365 e. The van der Waals surface area contributed by atoms with Crippen LogP contribution in [0.5, 0.6) is 0 Å². The summed E-state index contributed by atoms with van der Waals surface area (Å²) in [6, 6.07) is 0. The Morgan fingerprint density at radius 1 is 1.19 bits per heavy atom. The summed E-state index contributed by atoms with van der Waals surface area (Å²) in [5.74, 6) is 2.75. The minimum atomic E-state index is -0.262. The van der Waals surface area contributed by atoms with Gasteiger partial charge < -0.3 is 19.5 Å². The lowest BCUT2D eigenvalue weighted by atomic mass is 9.95. The SMILES string of the molecule is CCC(OC1CCCC1)C(=O)N1CCC(c2nnc3n2CCNC3)CC1. The van der Waals surface area contributed by atoms with Crippen molar-refractivity contribution in [3.05, 3.63) is 11.6 Å². The molecule has 0 aromatic carbocycles. The van der Waals surface area contributed by atoms with Crippen molar-refractivity contribution in [3.8, 4) is 0 Å². The Bertz CT molecular complexity index is 617. The molecule has 2 aliphatic heterocycles. The van der Waals surface area contributed by atoms with Gasteiger partial charge in [-0.15, -0.1) is 10.2 Å². The number of amides is 1. The normalized spacial score (nSPS) is 23.2. The third kappa shape index (κ3) is 3.64. The zero-order valence-corrected chi connectivity index (χ0v) is 15.8. The molecule has 0 radical (unpaired) electrons. The summed E-state index contributed by atoms with van der Waals surface area (Å²) in [6.07, 6.45) is 7.42. The summed E-state index contributed by atoms with van der Waals surface area (Å²) in [4.78, 5) is 14.9. The van der Waals surface area contributed by atoms with E-state index in [1.165, 1.54) is 12.8 Å². The first-order chi connectivity index (χ1) is 12.8. The molecule has 3 heterocycles. The molecular weight excluding hydrogens is 330 g/mol. The molecule has 1 aliphatic carbocycles. The number of ether oxygens (including phenoxy) is 1. The molecule has 1 saturated carbocycles. The van der Waals surface area contributed by atoms with Crippen LogP contribution in [0.2, 0.25) is 0 Å². The molecule has 2 fully saturated rings. The number of carbonyl (C=O) groups is 1. The van der Waals surface area contributed by atoms with Crippen molar-refractivity contribution < 1.29 is 9.53 Å². The molecule has 26 heavy (non-hydrogen) atoms. The van der Waals surface area contributed by atoms with E-state index in [2.05, 4.69) is 27.0 Å². The molecule has 1 saturated heterocycles. The number of carbonyl (C=O) groups excluding carboxylic acids is 1. The van der Waals surface area contributed by atoms with Crippen LogP contribution in [-0.2, 0) is 22.6 Å². The van der Waals surface area contributed by atoms with Gasteiger partial charge in [0.05, 0.1) is 12.6 Å². The Labute approximate surface area is 155 Å². The second kappa shape index (κ2) is 8.05. The van der Waals surface area contributed by atoms with E-state index in [9.17, 15) is 4.79 Å². The highest BCUT2D eigenvalue weighted by Gasteiger charge is 2.32. The van der Waals surface area contributed by atoms with E-state index in [-0.39, 0.29) is 18.1 Å². The van der Waals surface area contributed by atoms with Gasteiger partial charge in [-0.25, -0.2) is 0 Å². The van der Waals surface area contributed by atoms with Gasteiger partial charge >= 0.3 is 0 Å². The summed E-state index contributed by atoms with van der Waals surface area (Å²) >= 11 is 0. The van der Waals surface area contributed by atoms with Crippen LogP contribution in [0.15, 0.2) is 0 Å². The lowest BCUT2D eigenvalue weighted by Crippen LogP contribution is -2.45. The minimum Gasteiger partial charge on any atom is -0.365 e. The topological polar surface area (TPSA) is 72.3 Å². The highest BCUT2D eigenvalue weighted by molar-refractivity contribution is 5.81. The molecule has 1 atom stereocenters. The average molecular weight is 361 g/mol. The van der Waals surface area contributed by atoms with Gasteiger partial charge in [0.25, 0.3) is 5.91 Å². The molecule has 1 aromatic heterocycles. The quantitative estimate of drug-likeness (QED) is 0.866. The van der Waals surface area contributed by atoms with Gasteiger partial charge in [-0.3, -0.25) is 4.79 Å². The van der Waals surface area contributed by atoms with Crippen LogP contribution < -0.4 is 5.32 Å². The smallest absolute Gasteiger partial charge is 0.251 e. The fourth-order valence-corrected chi connectivity index (χ4v) is 4.56. The second-order valence-corrected chi connectivity index (χ2v) is 7.84. The van der Waals surface area contributed by atoms with E-state index in [4.69, 9.17) is 4.74 Å². The first kappa shape index (κ1) is 17.9. The highest BCUT2D eigenvalue weighted by Crippen LogP contribution is 2.29. The predicted molar refractivity (Wildman–Crippen MR) is 97.7 cm³/mol. The summed E-state index contributed by atoms with van der Waals surface area (Å²) < 4.78 is 8.40. The number of hydrogen-bond donors (Lipinski definition) is 1. The summed E-state index contributed by atoms with van der Waals surface area (Å²) in [6.45, 7) is 6.39. The molecule has 4 rings (SSSR count). The van der Waals surface area contributed by atoms with E-state index in [0.717, 1.165) is 76.5 Å². The molecular formula is C19H31N5O2. The summed E-state index contributed by atoms with van der Waals surface area (Å²) in [5, 5.41) is 12.1. The predicted octanol–water partition coefficient (Wildman–Crippen LogP) is 1.83. The molecule has 3 aliphatic rings. The van der Waals surface area contributed by atoms with Gasteiger partial charge in [0.2, 0.25) is 0 Å². The molecule has 144 valence electrons. The highest BCUT2D eigenvalue weighted by atomic mass is 16.5. The van der Waals surface area contributed by atoms with Gasteiger partial charge in [-0.2, -0.15) is 0 Å². The lowest BCUT2D eigenvalue weighted by molar-refractivity contribution is -0.148. The van der Waals surface area contributed by atoms with Crippen LogP contribution in [-0.4, -0.2) is 57.4 Å². The standard InChI is InChI=1S/C19H31N5O2/c1-2-16(26-15-5-3-4-6-15)19(25)23-10-7-14(8-11-23)18-22-21-17-13-20-9-12-24(17)18/h14-16,20H,2-13H2,1H3. The Morgan fingerprint density at radius 2 is 1.96 bits per heavy atom. The molecule has 1 unspecified atom stereocenters. The van der Waals surface area contributed by atoms with Crippen molar-refractivity contribution in [1.29, 1.82) is 0 Å². The van der Waals surface area contributed by atoms with Crippen LogP contribution in [0.3, 0.4) is 0 Å². The number of likely N-dealkylation sites (tertiary alicyclic amines) is 1. The molecule has 0 spiro atoms. The molecule has 1 N–H and O–H groups in total. The minimum absolute atomic E-state index is 0.185. The Hall–Kier alpha value is -1.47. The van der Waals surface area contributed by atoms with E-state index >= 15 is 0 Å². The third-order valence-corrected chi connectivity index (χ3v) is 6.13. The monoisotopic (exact) mass is 361 g/mol. The molecule has 7 heteroatoms.